The van der Waals surface area contributed by atoms with E-state index in [0.717, 1.165) is 5.56 Å². The summed E-state index contributed by atoms with van der Waals surface area (Å²) in [6.07, 6.45) is 0. The lowest BCUT2D eigenvalue weighted by atomic mass is 10.1. The van der Waals surface area contributed by atoms with Crippen molar-refractivity contribution in [2.24, 2.45) is 0 Å². The van der Waals surface area contributed by atoms with Gasteiger partial charge < -0.3 is 9.47 Å². The van der Waals surface area contributed by atoms with Gasteiger partial charge in [-0.15, -0.1) is 0 Å². The molecule has 0 N–H and O–H groups in total. The van der Waals surface area contributed by atoms with Crippen LogP contribution in [-0.2, 0) is 15.3 Å². The second-order valence-corrected chi connectivity index (χ2v) is 3.95. The quantitative estimate of drug-likeness (QED) is 0.486. The fourth-order valence-electron chi connectivity index (χ4n) is 1.61. The number of hydrogen-bond acceptors (Lipinski definition) is 4. The van der Waals surface area contributed by atoms with Gasteiger partial charge in [0.2, 0.25) is 5.79 Å². The summed E-state index contributed by atoms with van der Waals surface area (Å²) in [6, 6.07) is 6.21. The first-order chi connectivity index (χ1) is 7.68. The zero-order valence-corrected chi connectivity index (χ0v) is 9.97. The molecule has 1 aromatic rings. The van der Waals surface area contributed by atoms with Crippen LogP contribution in [0.4, 0.5) is 5.69 Å². The van der Waals surface area contributed by atoms with Gasteiger partial charge in [0.15, 0.2) is 0 Å². The third kappa shape index (κ3) is 1.95. The van der Waals surface area contributed by atoms with E-state index in [1.54, 1.807) is 12.1 Å². The highest BCUT2D eigenvalue weighted by atomic mass is 79.9. The third-order valence-corrected chi connectivity index (χ3v) is 3.19. The van der Waals surface area contributed by atoms with Crippen LogP contribution in [0.25, 0.3) is 0 Å². The van der Waals surface area contributed by atoms with Crippen molar-refractivity contribution >= 4 is 21.6 Å². The van der Waals surface area contributed by atoms with Gasteiger partial charge in [-0.3, -0.25) is 10.1 Å². The number of ether oxygens (including phenoxy) is 2. The number of alkyl halides is 1. The zero-order chi connectivity index (χ0) is 11.6. The summed E-state index contributed by atoms with van der Waals surface area (Å²) in [5, 5.41) is 11.0. The summed E-state index contributed by atoms with van der Waals surface area (Å²) in [5.74, 6) is -0.796. The van der Waals surface area contributed by atoms with Crippen LogP contribution in [0.1, 0.15) is 5.56 Å². The Morgan fingerprint density at radius 3 is 2.31 bits per heavy atom. The van der Waals surface area contributed by atoms with Crippen LogP contribution in [0.15, 0.2) is 24.3 Å². The molecule has 1 fully saturated rings. The summed E-state index contributed by atoms with van der Waals surface area (Å²) in [6.45, 7) is 1.06. The smallest absolute Gasteiger partial charge is 0.269 e. The Morgan fingerprint density at radius 1 is 1.31 bits per heavy atom. The number of halogens is 1. The van der Waals surface area contributed by atoms with Gasteiger partial charge in [-0.1, -0.05) is 15.9 Å². The van der Waals surface area contributed by atoms with Crippen molar-refractivity contribution in [1.29, 1.82) is 0 Å². The molecule has 1 aliphatic heterocycles. The molecule has 0 amide bonds. The highest BCUT2D eigenvalue weighted by Gasteiger charge is 2.37. The molecule has 1 aliphatic rings. The van der Waals surface area contributed by atoms with Gasteiger partial charge in [-0.2, -0.15) is 0 Å². The lowest BCUT2D eigenvalue weighted by molar-refractivity contribution is -0.384. The molecule has 0 bridgehead atoms. The number of benzene rings is 1. The Bertz CT molecular complexity index is 386. The van der Waals surface area contributed by atoms with E-state index in [9.17, 15) is 10.1 Å². The fraction of sp³-hybridized carbons (Fsp3) is 0.400. The minimum atomic E-state index is -0.796. The molecular weight excluding hydrogens is 278 g/mol. The minimum absolute atomic E-state index is 0.0615. The Morgan fingerprint density at radius 2 is 1.88 bits per heavy atom. The van der Waals surface area contributed by atoms with Gasteiger partial charge in [0.05, 0.1) is 23.5 Å². The zero-order valence-electron chi connectivity index (χ0n) is 8.39. The first-order valence-corrected chi connectivity index (χ1v) is 5.89. The van der Waals surface area contributed by atoms with Gasteiger partial charge in [0, 0.05) is 17.7 Å². The molecule has 2 rings (SSSR count). The molecular formula is C10H10BrNO4. The Hall–Kier alpha value is -0.980. The van der Waals surface area contributed by atoms with Crippen LogP contribution in [0.5, 0.6) is 0 Å². The van der Waals surface area contributed by atoms with Gasteiger partial charge in [0.1, 0.15) is 0 Å². The van der Waals surface area contributed by atoms with Crippen LogP contribution >= 0.6 is 15.9 Å². The average Bonchev–Trinajstić information content (AvgIpc) is 2.79. The Kier molecular flexibility index (Phi) is 3.22. The van der Waals surface area contributed by atoms with Gasteiger partial charge in [-0.25, -0.2) is 0 Å². The summed E-state index contributed by atoms with van der Waals surface area (Å²) in [5.41, 5.74) is 0.846. The lowest BCUT2D eigenvalue weighted by Gasteiger charge is -2.25. The number of nitro benzene ring substituents is 1. The largest absolute Gasteiger partial charge is 0.343 e. The SMILES string of the molecule is O=[N+]([O-])c1ccc(C2(CBr)OCCO2)cc1. The average molecular weight is 288 g/mol. The molecule has 0 aliphatic carbocycles. The topological polar surface area (TPSA) is 61.6 Å². The number of hydrogen-bond donors (Lipinski definition) is 0. The molecule has 1 aromatic carbocycles. The summed E-state index contributed by atoms with van der Waals surface area (Å²) >= 11 is 3.33. The van der Waals surface area contributed by atoms with Crippen LogP contribution in [0, 0.1) is 10.1 Å². The first-order valence-electron chi connectivity index (χ1n) is 4.77. The summed E-state index contributed by atoms with van der Waals surface area (Å²) < 4.78 is 11.1. The molecule has 0 aromatic heterocycles. The normalized spacial score (nSPS) is 18.6. The van der Waals surface area contributed by atoms with E-state index in [0.29, 0.717) is 18.5 Å². The standard InChI is InChI=1S/C10H10BrNO4/c11-7-10(15-5-6-16-10)8-1-3-9(4-2-8)12(13)14/h1-4H,5-7H2. The van der Waals surface area contributed by atoms with Gasteiger partial charge >= 0.3 is 0 Å². The van der Waals surface area contributed by atoms with Crippen LogP contribution < -0.4 is 0 Å². The Balaban J connectivity index is 2.29. The number of non-ortho nitro benzene ring substituents is 1. The summed E-state index contributed by atoms with van der Waals surface area (Å²) in [4.78, 5) is 10.1. The molecule has 86 valence electrons. The number of nitrogens with zero attached hydrogens (tertiary/aromatic N) is 1. The van der Waals surface area contributed by atoms with Crippen molar-refractivity contribution in [1.82, 2.24) is 0 Å². The van der Waals surface area contributed by atoms with Crippen LogP contribution in [0.3, 0.4) is 0 Å². The molecule has 6 heteroatoms. The van der Waals surface area contributed by atoms with Gasteiger partial charge in [0.25, 0.3) is 5.69 Å². The summed E-state index contributed by atoms with van der Waals surface area (Å²) in [7, 11) is 0. The van der Waals surface area contributed by atoms with Crippen molar-refractivity contribution in [3.05, 3.63) is 39.9 Å². The highest BCUT2D eigenvalue weighted by Crippen LogP contribution is 2.33. The van der Waals surface area contributed by atoms with E-state index in [1.807, 2.05) is 0 Å². The molecule has 0 unspecified atom stereocenters. The highest BCUT2D eigenvalue weighted by molar-refractivity contribution is 9.09. The number of rotatable bonds is 3. The monoisotopic (exact) mass is 287 g/mol. The molecule has 5 nitrogen and oxygen atoms in total. The maximum absolute atomic E-state index is 10.5. The van der Waals surface area contributed by atoms with Crippen molar-refractivity contribution < 1.29 is 14.4 Å². The fourth-order valence-corrected chi connectivity index (χ4v) is 2.26. The molecule has 0 atom stereocenters. The van der Waals surface area contributed by atoms with Gasteiger partial charge in [-0.05, 0) is 12.1 Å². The second kappa shape index (κ2) is 4.48. The Labute approximate surface area is 101 Å². The molecule has 1 saturated heterocycles. The minimum Gasteiger partial charge on any atom is -0.343 e. The van der Waals surface area contributed by atoms with Crippen LogP contribution in [-0.4, -0.2) is 23.5 Å². The van der Waals surface area contributed by atoms with E-state index in [4.69, 9.17) is 9.47 Å². The van der Waals surface area contributed by atoms with Crippen molar-refractivity contribution in [2.75, 3.05) is 18.5 Å². The lowest BCUT2D eigenvalue weighted by Crippen LogP contribution is -2.28. The predicted molar refractivity (Wildman–Crippen MR) is 60.5 cm³/mol. The van der Waals surface area contributed by atoms with E-state index < -0.39 is 10.7 Å². The maximum Gasteiger partial charge on any atom is 0.269 e. The van der Waals surface area contributed by atoms with Crippen LogP contribution in [0.2, 0.25) is 0 Å². The predicted octanol–water partition coefficient (Wildman–Crippen LogP) is 2.19. The number of nitro groups is 1. The van der Waals surface area contributed by atoms with E-state index in [-0.39, 0.29) is 5.69 Å². The molecule has 0 saturated carbocycles. The molecule has 1 heterocycles. The first kappa shape index (κ1) is 11.5. The van der Waals surface area contributed by atoms with E-state index in [2.05, 4.69) is 15.9 Å². The molecule has 0 radical (unpaired) electrons. The van der Waals surface area contributed by atoms with E-state index >= 15 is 0 Å². The third-order valence-electron chi connectivity index (χ3n) is 2.45. The second-order valence-electron chi connectivity index (χ2n) is 3.39. The van der Waals surface area contributed by atoms with Crippen molar-refractivity contribution in [3.63, 3.8) is 0 Å². The molecule has 16 heavy (non-hydrogen) atoms. The van der Waals surface area contributed by atoms with Crippen molar-refractivity contribution in [3.8, 4) is 0 Å². The van der Waals surface area contributed by atoms with E-state index in [1.165, 1.54) is 12.1 Å². The maximum atomic E-state index is 10.5. The van der Waals surface area contributed by atoms with Crippen molar-refractivity contribution in [2.45, 2.75) is 5.79 Å². The molecule has 0 spiro atoms.